The van der Waals surface area contributed by atoms with Gasteiger partial charge in [-0.1, -0.05) is 12.1 Å². The van der Waals surface area contributed by atoms with Gasteiger partial charge in [0.25, 0.3) is 0 Å². The number of halogens is 1. The van der Waals surface area contributed by atoms with Gasteiger partial charge in [-0.25, -0.2) is 4.79 Å². The molecule has 78 valence electrons. The predicted octanol–water partition coefficient (Wildman–Crippen LogP) is -0.182. The lowest BCUT2D eigenvalue weighted by Gasteiger charge is -2.11. The lowest BCUT2D eigenvalue weighted by molar-refractivity contribution is 0.228. The SMILES string of the molecule is O=C(F)N1CCc2cc(B(O)O)ccc21. The van der Waals surface area contributed by atoms with Crippen LogP contribution in [0.3, 0.4) is 0 Å². The zero-order chi connectivity index (χ0) is 11.0. The van der Waals surface area contributed by atoms with Crippen molar-refractivity contribution in [2.75, 3.05) is 11.4 Å². The molecule has 1 aliphatic heterocycles. The Bertz CT molecular complexity index is 410. The highest BCUT2D eigenvalue weighted by molar-refractivity contribution is 6.58. The maximum absolute atomic E-state index is 12.5. The van der Waals surface area contributed by atoms with Crippen LogP contribution < -0.4 is 10.4 Å². The monoisotopic (exact) mass is 209 g/mol. The van der Waals surface area contributed by atoms with E-state index in [0.717, 1.165) is 10.5 Å². The highest BCUT2D eigenvalue weighted by atomic mass is 19.1. The molecule has 0 fully saturated rings. The summed E-state index contributed by atoms with van der Waals surface area (Å²) in [5.41, 5.74) is 1.61. The Labute approximate surface area is 86.1 Å². The fourth-order valence-electron chi connectivity index (χ4n) is 1.76. The number of hydrogen-bond donors (Lipinski definition) is 2. The first-order valence-corrected chi connectivity index (χ1v) is 4.55. The molecule has 2 rings (SSSR count). The summed E-state index contributed by atoms with van der Waals surface area (Å²) in [5, 5.41) is 17.9. The first-order valence-electron chi connectivity index (χ1n) is 4.55. The van der Waals surface area contributed by atoms with Crippen LogP contribution in [0, 0.1) is 0 Å². The Morgan fingerprint density at radius 2 is 2.20 bits per heavy atom. The second-order valence-electron chi connectivity index (χ2n) is 3.42. The van der Waals surface area contributed by atoms with Gasteiger partial charge in [-0.05, 0) is 23.5 Å². The van der Waals surface area contributed by atoms with E-state index in [1.54, 1.807) is 6.07 Å². The number of fused-ring (bicyclic) bond motifs is 1. The van der Waals surface area contributed by atoms with Crippen molar-refractivity contribution in [2.45, 2.75) is 6.42 Å². The average molecular weight is 209 g/mol. The van der Waals surface area contributed by atoms with Crippen LogP contribution in [-0.4, -0.2) is 29.9 Å². The number of amides is 1. The van der Waals surface area contributed by atoms with Crippen molar-refractivity contribution in [2.24, 2.45) is 0 Å². The Balaban J connectivity index is 2.37. The average Bonchev–Trinajstić information content (AvgIpc) is 2.59. The fraction of sp³-hybridized carbons (Fsp3) is 0.222. The van der Waals surface area contributed by atoms with Gasteiger partial charge in [0, 0.05) is 12.2 Å². The second-order valence-corrected chi connectivity index (χ2v) is 3.42. The van der Waals surface area contributed by atoms with E-state index in [-0.39, 0.29) is 0 Å². The topological polar surface area (TPSA) is 60.8 Å². The summed E-state index contributed by atoms with van der Waals surface area (Å²) in [6, 6.07) is 4.56. The second kappa shape index (κ2) is 3.64. The van der Waals surface area contributed by atoms with Crippen LogP contribution in [0.5, 0.6) is 0 Å². The Kier molecular flexibility index (Phi) is 2.46. The quantitative estimate of drug-likeness (QED) is 0.383. The number of benzene rings is 1. The molecule has 0 atom stereocenters. The van der Waals surface area contributed by atoms with Crippen molar-refractivity contribution in [1.29, 1.82) is 0 Å². The van der Waals surface area contributed by atoms with Crippen LogP contribution in [0.25, 0.3) is 0 Å². The third kappa shape index (κ3) is 1.73. The first-order chi connectivity index (χ1) is 7.09. The van der Waals surface area contributed by atoms with Crippen LogP contribution in [0.4, 0.5) is 14.9 Å². The van der Waals surface area contributed by atoms with Gasteiger partial charge in [0.1, 0.15) is 0 Å². The molecule has 1 aliphatic rings. The normalized spacial score (nSPS) is 13.9. The molecule has 0 unspecified atom stereocenters. The molecule has 0 aliphatic carbocycles. The summed E-state index contributed by atoms with van der Waals surface area (Å²) in [7, 11) is -1.54. The Morgan fingerprint density at radius 1 is 1.47 bits per heavy atom. The van der Waals surface area contributed by atoms with E-state index >= 15 is 0 Å². The zero-order valence-electron chi connectivity index (χ0n) is 7.85. The summed E-state index contributed by atoms with van der Waals surface area (Å²) in [4.78, 5) is 11.6. The summed E-state index contributed by atoms with van der Waals surface area (Å²) in [5.74, 6) is 0. The van der Waals surface area contributed by atoms with Gasteiger partial charge >= 0.3 is 13.3 Å². The Morgan fingerprint density at radius 3 is 2.80 bits per heavy atom. The van der Waals surface area contributed by atoms with E-state index < -0.39 is 13.3 Å². The van der Waals surface area contributed by atoms with E-state index in [1.165, 1.54) is 12.1 Å². The molecule has 1 aromatic rings. The van der Waals surface area contributed by atoms with Gasteiger partial charge in [-0.3, -0.25) is 4.90 Å². The number of rotatable bonds is 1. The minimum Gasteiger partial charge on any atom is -0.423 e. The molecule has 0 radical (unpaired) electrons. The van der Waals surface area contributed by atoms with E-state index in [9.17, 15) is 9.18 Å². The minimum absolute atomic E-state index is 0.301. The van der Waals surface area contributed by atoms with Gasteiger partial charge in [0.05, 0.1) is 0 Å². The molecule has 6 heteroatoms. The van der Waals surface area contributed by atoms with E-state index in [4.69, 9.17) is 10.0 Å². The number of nitrogens with zero attached hydrogens (tertiary/aromatic N) is 1. The molecule has 15 heavy (non-hydrogen) atoms. The molecule has 1 aromatic carbocycles. The maximum Gasteiger partial charge on any atom is 0.488 e. The molecule has 1 amide bonds. The van der Waals surface area contributed by atoms with Gasteiger partial charge in [0.15, 0.2) is 0 Å². The van der Waals surface area contributed by atoms with Gasteiger partial charge in [0.2, 0.25) is 0 Å². The number of carbonyl (C=O) groups excluding carboxylic acids is 1. The van der Waals surface area contributed by atoms with Crippen molar-refractivity contribution < 1.29 is 19.2 Å². The zero-order valence-corrected chi connectivity index (χ0v) is 7.85. The van der Waals surface area contributed by atoms with Crippen molar-refractivity contribution in [3.05, 3.63) is 23.8 Å². The molecule has 0 bridgehead atoms. The van der Waals surface area contributed by atoms with Crippen molar-refractivity contribution in [3.8, 4) is 0 Å². The van der Waals surface area contributed by atoms with E-state index in [2.05, 4.69) is 0 Å². The smallest absolute Gasteiger partial charge is 0.423 e. The van der Waals surface area contributed by atoms with Gasteiger partial charge in [-0.15, -0.1) is 4.39 Å². The lowest BCUT2D eigenvalue weighted by atomic mass is 9.79. The predicted molar refractivity (Wildman–Crippen MR) is 53.8 cm³/mol. The number of carbonyl (C=O) groups is 1. The third-order valence-electron chi connectivity index (χ3n) is 2.51. The maximum atomic E-state index is 12.5. The Hall–Kier alpha value is -1.40. The molecule has 0 saturated heterocycles. The molecular weight excluding hydrogens is 200 g/mol. The van der Waals surface area contributed by atoms with Gasteiger partial charge in [-0.2, -0.15) is 0 Å². The molecule has 0 spiro atoms. The summed E-state index contributed by atoms with van der Waals surface area (Å²) >= 11 is 0. The van der Waals surface area contributed by atoms with Crippen LogP contribution in [0.1, 0.15) is 5.56 Å². The highest BCUT2D eigenvalue weighted by Crippen LogP contribution is 2.27. The van der Waals surface area contributed by atoms with E-state index in [0.29, 0.717) is 24.1 Å². The third-order valence-corrected chi connectivity index (χ3v) is 2.51. The standard InChI is InChI=1S/C9H9BFNO3/c11-9(13)12-4-3-6-5-7(10(14)15)1-2-8(6)12/h1-2,5,14-15H,3-4H2. The molecule has 2 N–H and O–H groups in total. The molecule has 0 aromatic heterocycles. The lowest BCUT2D eigenvalue weighted by Crippen LogP contribution is -2.30. The fourth-order valence-corrected chi connectivity index (χ4v) is 1.76. The largest absolute Gasteiger partial charge is 0.488 e. The van der Waals surface area contributed by atoms with Crippen LogP contribution >= 0.6 is 0 Å². The summed E-state index contributed by atoms with van der Waals surface area (Å²) < 4.78 is 12.5. The van der Waals surface area contributed by atoms with Crippen molar-refractivity contribution in [3.63, 3.8) is 0 Å². The highest BCUT2D eigenvalue weighted by Gasteiger charge is 2.25. The number of anilines is 1. The summed E-state index contributed by atoms with van der Waals surface area (Å²) in [6.07, 6.45) is -0.947. The molecule has 0 saturated carbocycles. The molecular formula is C9H9BFNO3. The van der Waals surface area contributed by atoms with Gasteiger partial charge < -0.3 is 10.0 Å². The van der Waals surface area contributed by atoms with E-state index in [1.807, 2.05) is 0 Å². The van der Waals surface area contributed by atoms with Crippen LogP contribution in [0.2, 0.25) is 0 Å². The van der Waals surface area contributed by atoms with Crippen LogP contribution in [-0.2, 0) is 6.42 Å². The van der Waals surface area contributed by atoms with Crippen LogP contribution in [0.15, 0.2) is 18.2 Å². The minimum atomic E-state index is -1.54. The van der Waals surface area contributed by atoms with Crippen molar-refractivity contribution >= 4 is 24.4 Å². The van der Waals surface area contributed by atoms with Crippen molar-refractivity contribution in [1.82, 2.24) is 0 Å². The molecule has 4 nitrogen and oxygen atoms in total. The molecule has 1 heterocycles. The number of hydrogen-bond acceptors (Lipinski definition) is 3. The first kappa shape index (κ1) is 10.1. The summed E-state index contributed by atoms with van der Waals surface area (Å²) in [6.45, 7) is 0.301.